The fourth-order valence-electron chi connectivity index (χ4n) is 3.31. The lowest BCUT2D eigenvalue weighted by atomic mass is 9.86. The molecule has 31 heavy (non-hydrogen) atoms. The number of hydrogen-bond donors (Lipinski definition) is 3. The number of carbonyl (C=O) groups is 3. The summed E-state index contributed by atoms with van der Waals surface area (Å²) in [6, 6.07) is 12.1. The summed E-state index contributed by atoms with van der Waals surface area (Å²) in [5, 5.41) is 22.3. The molecule has 2 rings (SSSR count). The Labute approximate surface area is 195 Å². The van der Waals surface area contributed by atoms with Crippen LogP contribution in [0.15, 0.2) is 42.5 Å². The van der Waals surface area contributed by atoms with Gasteiger partial charge in [0.05, 0.1) is 22.4 Å². The van der Waals surface area contributed by atoms with E-state index in [9.17, 15) is 19.5 Å². The molecule has 0 aliphatic carbocycles. The van der Waals surface area contributed by atoms with E-state index in [1.165, 1.54) is 0 Å². The number of benzene rings is 2. The van der Waals surface area contributed by atoms with Gasteiger partial charge in [-0.2, -0.15) is 0 Å². The Hall–Kier alpha value is -2.28. The summed E-state index contributed by atoms with van der Waals surface area (Å²) < 4.78 is 0. The highest BCUT2D eigenvalue weighted by molar-refractivity contribution is 6.42. The maximum absolute atomic E-state index is 12.5. The molecule has 3 N–H and O–H groups in total. The van der Waals surface area contributed by atoms with Crippen LogP contribution in [0.25, 0.3) is 0 Å². The van der Waals surface area contributed by atoms with Gasteiger partial charge in [0.25, 0.3) is 0 Å². The van der Waals surface area contributed by atoms with Crippen LogP contribution in [-0.2, 0) is 20.8 Å². The van der Waals surface area contributed by atoms with Gasteiger partial charge in [0.1, 0.15) is 0 Å². The van der Waals surface area contributed by atoms with Crippen LogP contribution >= 0.6 is 34.8 Å². The van der Waals surface area contributed by atoms with Gasteiger partial charge in [-0.05, 0) is 48.7 Å². The highest BCUT2D eigenvalue weighted by Crippen LogP contribution is 2.29. The van der Waals surface area contributed by atoms with Crippen LogP contribution in [0.4, 0.5) is 0 Å². The number of rotatable bonds is 10. The van der Waals surface area contributed by atoms with Crippen LogP contribution in [-0.4, -0.2) is 34.1 Å². The first-order chi connectivity index (χ1) is 14.6. The van der Waals surface area contributed by atoms with E-state index in [0.717, 1.165) is 11.1 Å². The van der Waals surface area contributed by atoms with Crippen molar-refractivity contribution in [3.63, 3.8) is 0 Å². The largest absolute Gasteiger partial charge is 0.481 e. The molecule has 0 radical (unpaired) electrons. The molecular weight excluding hydrogens is 465 g/mol. The molecule has 0 heterocycles. The zero-order valence-corrected chi connectivity index (χ0v) is 18.9. The molecule has 0 fully saturated rings. The molecule has 0 bridgehead atoms. The fraction of sp³-hybridized carbons (Fsp3) is 0.318. The van der Waals surface area contributed by atoms with Crippen molar-refractivity contribution in [3.8, 4) is 0 Å². The first kappa shape index (κ1) is 25.0. The van der Waals surface area contributed by atoms with Gasteiger partial charge in [0.15, 0.2) is 0 Å². The molecule has 166 valence electrons. The lowest BCUT2D eigenvalue weighted by Gasteiger charge is -2.26. The van der Waals surface area contributed by atoms with Crippen molar-refractivity contribution in [2.75, 3.05) is 0 Å². The smallest absolute Gasteiger partial charge is 0.307 e. The molecule has 6 nitrogen and oxygen atoms in total. The van der Waals surface area contributed by atoms with Crippen molar-refractivity contribution in [3.05, 3.63) is 68.7 Å². The summed E-state index contributed by atoms with van der Waals surface area (Å²) in [5.74, 6) is -4.61. The number of hydrogen-bond acceptors (Lipinski definition) is 3. The van der Waals surface area contributed by atoms with Gasteiger partial charge in [-0.15, -0.1) is 0 Å². The van der Waals surface area contributed by atoms with Crippen LogP contribution in [0.3, 0.4) is 0 Å². The number of halogens is 3. The fourth-order valence-corrected chi connectivity index (χ4v) is 3.76. The molecule has 3 atom stereocenters. The topological polar surface area (TPSA) is 104 Å². The van der Waals surface area contributed by atoms with Gasteiger partial charge in [0, 0.05) is 23.4 Å². The third-order valence-electron chi connectivity index (χ3n) is 4.93. The van der Waals surface area contributed by atoms with E-state index in [4.69, 9.17) is 39.9 Å². The molecule has 2 aromatic carbocycles. The number of carbonyl (C=O) groups excluding carboxylic acids is 1. The number of nitrogens with one attached hydrogen (secondary N) is 1. The highest BCUT2D eigenvalue weighted by Gasteiger charge is 2.27. The minimum atomic E-state index is -1.32. The molecule has 0 saturated carbocycles. The molecule has 0 aliphatic heterocycles. The molecule has 3 unspecified atom stereocenters. The standard InChI is InChI=1S/C22H22Cl3NO5/c1-12(26-20(27)10-15(22(30)31)11-21(28)29)17(14-3-5-16(23)6-4-14)8-13-2-7-18(24)19(25)9-13/h2-7,9,12,15,17H,8,10-11H2,1H3,(H,26,27)(H,28,29)(H,30,31). The molecular formula is C22H22Cl3NO5. The first-order valence-corrected chi connectivity index (χ1v) is 10.6. The van der Waals surface area contributed by atoms with Crippen molar-refractivity contribution >= 4 is 52.6 Å². The monoisotopic (exact) mass is 485 g/mol. The Morgan fingerprint density at radius 1 is 0.935 bits per heavy atom. The molecule has 0 aliphatic rings. The van der Waals surface area contributed by atoms with Crippen molar-refractivity contribution in [1.29, 1.82) is 0 Å². The summed E-state index contributed by atoms with van der Waals surface area (Å²) in [7, 11) is 0. The average Bonchev–Trinajstić information content (AvgIpc) is 2.68. The second-order valence-corrected chi connectivity index (χ2v) is 8.55. The van der Waals surface area contributed by atoms with Crippen LogP contribution in [0.2, 0.25) is 15.1 Å². The predicted octanol–water partition coefficient (Wildman–Crippen LogP) is 5.04. The lowest BCUT2D eigenvalue weighted by Crippen LogP contribution is -2.39. The molecule has 0 saturated heterocycles. The van der Waals surface area contributed by atoms with Gasteiger partial charge in [-0.1, -0.05) is 53.0 Å². The van der Waals surface area contributed by atoms with E-state index in [2.05, 4.69) is 5.32 Å². The summed E-state index contributed by atoms with van der Waals surface area (Å²) >= 11 is 18.1. The second-order valence-electron chi connectivity index (χ2n) is 7.30. The van der Waals surface area contributed by atoms with Crippen LogP contribution in [0.5, 0.6) is 0 Å². The summed E-state index contributed by atoms with van der Waals surface area (Å²) in [5.41, 5.74) is 1.83. The first-order valence-electron chi connectivity index (χ1n) is 9.50. The van der Waals surface area contributed by atoms with Crippen LogP contribution in [0, 0.1) is 5.92 Å². The summed E-state index contributed by atoms with van der Waals surface area (Å²) in [6.07, 6.45) is -0.523. The molecule has 0 spiro atoms. The second kappa shape index (κ2) is 11.4. The molecule has 1 amide bonds. The minimum Gasteiger partial charge on any atom is -0.481 e. The maximum atomic E-state index is 12.5. The van der Waals surface area contributed by atoms with E-state index < -0.39 is 36.6 Å². The van der Waals surface area contributed by atoms with E-state index in [1.807, 2.05) is 25.1 Å². The Bertz CT molecular complexity index is 949. The average molecular weight is 487 g/mol. The van der Waals surface area contributed by atoms with Crippen molar-refractivity contribution in [1.82, 2.24) is 5.32 Å². The highest BCUT2D eigenvalue weighted by atomic mass is 35.5. The number of carboxylic acids is 2. The Kier molecular flexibility index (Phi) is 9.16. The van der Waals surface area contributed by atoms with Gasteiger partial charge >= 0.3 is 11.9 Å². The third-order valence-corrected chi connectivity index (χ3v) is 5.92. The van der Waals surface area contributed by atoms with E-state index in [1.54, 1.807) is 24.3 Å². The predicted molar refractivity (Wildman–Crippen MR) is 120 cm³/mol. The Balaban J connectivity index is 2.20. The molecule has 9 heteroatoms. The zero-order valence-electron chi connectivity index (χ0n) is 16.6. The van der Waals surface area contributed by atoms with Gasteiger partial charge < -0.3 is 15.5 Å². The molecule has 0 aromatic heterocycles. The van der Waals surface area contributed by atoms with Crippen molar-refractivity contribution in [2.24, 2.45) is 5.92 Å². The van der Waals surface area contributed by atoms with Crippen LogP contribution in [0.1, 0.15) is 36.8 Å². The Morgan fingerprint density at radius 2 is 1.58 bits per heavy atom. The Morgan fingerprint density at radius 3 is 2.13 bits per heavy atom. The number of aliphatic carboxylic acids is 2. The summed E-state index contributed by atoms with van der Waals surface area (Å²) in [6.45, 7) is 1.81. The number of amides is 1. The van der Waals surface area contributed by atoms with Crippen LogP contribution < -0.4 is 5.32 Å². The molecule has 2 aromatic rings. The minimum absolute atomic E-state index is 0.179. The third kappa shape index (κ3) is 7.73. The quantitative estimate of drug-likeness (QED) is 0.436. The van der Waals surface area contributed by atoms with E-state index in [-0.39, 0.29) is 12.0 Å². The van der Waals surface area contributed by atoms with Gasteiger partial charge in [-0.3, -0.25) is 14.4 Å². The maximum Gasteiger partial charge on any atom is 0.307 e. The van der Waals surface area contributed by atoms with Crippen molar-refractivity contribution in [2.45, 2.75) is 38.1 Å². The van der Waals surface area contributed by atoms with Gasteiger partial charge in [0.2, 0.25) is 5.91 Å². The normalized spacial score (nSPS) is 13.8. The lowest BCUT2D eigenvalue weighted by molar-refractivity contribution is -0.149. The SMILES string of the molecule is CC(NC(=O)CC(CC(=O)O)C(=O)O)C(Cc1ccc(Cl)c(Cl)c1)c1ccc(Cl)cc1. The number of carboxylic acid groups (broad SMARTS) is 2. The zero-order chi connectivity index (χ0) is 23.1. The van der Waals surface area contributed by atoms with Crippen molar-refractivity contribution < 1.29 is 24.6 Å². The van der Waals surface area contributed by atoms with E-state index >= 15 is 0 Å². The summed E-state index contributed by atoms with van der Waals surface area (Å²) in [4.78, 5) is 34.6. The van der Waals surface area contributed by atoms with Gasteiger partial charge in [-0.25, -0.2) is 0 Å². The van der Waals surface area contributed by atoms with E-state index in [0.29, 0.717) is 21.5 Å².